The summed E-state index contributed by atoms with van der Waals surface area (Å²) < 4.78 is 5.78. The van der Waals surface area contributed by atoms with E-state index in [4.69, 9.17) is 9.73 Å². The Kier molecular flexibility index (Phi) is 12.8. The molecule has 0 fully saturated rings. The predicted molar refractivity (Wildman–Crippen MR) is 144 cm³/mol. The van der Waals surface area contributed by atoms with Crippen LogP contribution in [0.25, 0.3) is 0 Å². The minimum Gasteiger partial charge on any atom is -0.462 e. The van der Waals surface area contributed by atoms with Crippen molar-refractivity contribution in [3.63, 3.8) is 0 Å². The highest BCUT2D eigenvalue weighted by Crippen LogP contribution is 2.25. The van der Waals surface area contributed by atoms with Gasteiger partial charge in [0.2, 0.25) is 0 Å². The second kappa shape index (κ2) is 14.4. The van der Waals surface area contributed by atoms with E-state index >= 15 is 0 Å². The molecule has 0 aromatic heterocycles. The van der Waals surface area contributed by atoms with Gasteiger partial charge in [0.25, 0.3) is 0 Å². The second-order valence-electron chi connectivity index (χ2n) is 7.30. The fraction of sp³-hybridized carbons (Fsp3) is 0.310. The van der Waals surface area contributed by atoms with E-state index in [1.54, 1.807) is 0 Å². The van der Waals surface area contributed by atoms with Crippen LogP contribution in [-0.4, -0.2) is 24.2 Å². The van der Waals surface area contributed by atoms with Gasteiger partial charge in [0.05, 0.1) is 17.2 Å². The molecule has 0 saturated carbocycles. The summed E-state index contributed by atoms with van der Waals surface area (Å²) in [6.07, 6.45) is 16.0. The molecular formula is C29H39N3O. The third kappa shape index (κ3) is 8.41. The molecule has 0 bridgehead atoms. The smallest absolute Gasteiger partial charge is 0.133 e. The molecule has 176 valence electrons. The van der Waals surface area contributed by atoms with Crippen LogP contribution < -0.4 is 5.32 Å². The summed E-state index contributed by atoms with van der Waals surface area (Å²) in [6, 6.07) is 0. The van der Waals surface area contributed by atoms with E-state index in [9.17, 15) is 0 Å². The monoisotopic (exact) mass is 445 g/mol. The molecule has 1 N–H and O–H groups in total. The average molecular weight is 446 g/mol. The maximum Gasteiger partial charge on any atom is 0.133 e. The third-order valence-corrected chi connectivity index (χ3v) is 4.57. The van der Waals surface area contributed by atoms with Crippen LogP contribution in [-0.2, 0) is 4.74 Å². The highest BCUT2D eigenvalue weighted by atomic mass is 16.5. The van der Waals surface area contributed by atoms with Gasteiger partial charge in [-0.25, -0.2) is 4.99 Å². The predicted octanol–water partition coefficient (Wildman–Crippen LogP) is 6.94. The Morgan fingerprint density at radius 1 is 1.18 bits per heavy atom. The zero-order valence-electron chi connectivity index (χ0n) is 21.6. The molecule has 2 aliphatic rings. The van der Waals surface area contributed by atoms with Crippen molar-refractivity contribution in [1.29, 1.82) is 0 Å². The third-order valence-electron chi connectivity index (χ3n) is 4.57. The van der Waals surface area contributed by atoms with Crippen molar-refractivity contribution in [3.05, 3.63) is 101 Å². The summed E-state index contributed by atoms with van der Waals surface area (Å²) in [7, 11) is 1.99. The number of hydrogen-bond acceptors (Lipinski definition) is 4. The van der Waals surface area contributed by atoms with Crippen molar-refractivity contribution in [2.45, 2.75) is 48.5 Å². The quantitative estimate of drug-likeness (QED) is 0.262. The molecule has 0 atom stereocenters. The summed E-state index contributed by atoms with van der Waals surface area (Å²) in [5.41, 5.74) is 9.95. The molecule has 0 radical (unpaired) electrons. The molecule has 1 aliphatic heterocycles. The lowest BCUT2D eigenvalue weighted by atomic mass is 10.1. The molecule has 0 aromatic carbocycles. The standard InChI is InChI=1S/C25H31N3O.C2H6.C2H2/c1-10-24-27-22(14-23(16(2)3)28(24)9)20(8)26-15-21-12-11-18(6)25(19(7)13-21)29-17(4)5;2*1-2/h10-11,13-14,26H,2,4,8,15H2,1,3,5-7,9H3;1-2H3;1-2H/b24-10-;;. The van der Waals surface area contributed by atoms with Crippen LogP contribution in [0, 0.1) is 12.8 Å². The maximum absolute atomic E-state index is 5.78. The van der Waals surface area contributed by atoms with E-state index in [-0.39, 0.29) is 0 Å². The first-order chi connectivity index (χ1) is 15.6. The van der Waals surface area contributed by atoms with Gasteiger partial charge < -0.3 is 15.0 Å². The number of nitrogens with one attached hydrogen (secondary N) is 1. The number of terminal acetylenes is 1. The van der Waals surface area contributed by atoms with E-state index in [0.29, 0.717) is 12.3 Å². The van der Waals surface area contributed by atoms with Gasteiger partial charge in [0.15, 0.2) is 0 Å². The number of allylic oxidation sites excluding steroid dienone is 6. The van der Waals surface area contributed by atoms with Crippen LogP contribution in [0.4, 0.5) is 0 Å². The van der Waals surface area contributed by atoms with Gasteiger partial charge in [0, 0.05) is 24.9 Å². The van der Waals surface area contributed by atoms with E-state index in [1.807, 2.05) is 78.6 Å². The number of aliphatic imine (C=N–C) groups is 1. The fourth-order valence-corrected chi connectivity index (χ4v) is 3.08. The fourth-order valence-electron chi connectivity index (χ4n) is 3.08. The molecular weight excluding hydrogens is 406 g/mol. The van der Waals surface area contributed by atoms with Gasteiger partial charge in [-0.1, -0.05) is 33.6 Å². The van der Waals surface area contributed by atoms with Crippen molar-refractivity contribution < 1.29 is 4.74 Å². The molecule has 1 heterocycles. The first-order valence-electron chi connectivity index (χ1n) is 10.9. The van der Waals surface area contributed by atoms with Crippen molar-refractivity contribution in [3.8, 4) is 12.8 Å². The molecule has 1 aliphatic carbocycles. The summed E-state index contributed by atoms with van der Waals surface area (Å²) in [5.74, 6) is 2.36. The summed E-state index contributed by atoms with van der Waals surface area (Å²) in [5, 5.41) is 3.37. The van der Waals surface area contributed by atoms with E-state index in [1.165, 1.54) is 0 Å². The normalized spacial score (nSPS) is 15.9. The van der Waals surface area contributed by atoms with Crippen LogP contribution in [0.1, 0.15) is 48.5 Å². The molecule has 2 rings (SSSR count). The topological polar surface area (TPSA) is 36.9 Å². The molecule has 33 heavy (non-hydrogen) atoms. The van der Waals surface area contributed by atoms with E-state index in [0.717, 1.165) is 51.0 Å². The number of hydrogen-bond donors (Lipinski definition) is 1. The number of nitrogens with zero attached hydrogens (tertiary/aromatic N) is 2. The summed E-state index contributed by atoms with van der Waals surface area (Å²) >= 11 is 0. The molecule has 4 nitrogen and oxygen atoms in total. The number of ether oxygens (including phenoxy) is 1. The second-order valence-corrected chi connectivity index (χ2v) is 7.30. The number of rotatable bonds is 7. The molecule has 0 amide bonds. The Morgan fingerprint density at radius 3 is 2.30 bits per heavy atom. The first kappa shape index (κ1) is 29.3. The van der Waals surface area contributed by atoms with Gasteiger partial charge in [-0.05, 0) is 75.6 Å². The van der Waals surface area contributed by atoms with Crippen molar-refractivity contribution >= 4 is 5.71 Å². The Hall–Kier alpha value is -3.67. The summed E-state index contributed by atoms with van der Waals surface area (Å²) in [6.45, 7) is 26.5. The van der Waals surface area contributed by atoms with Gasteiger partial charge in [-0.15, -0.1) is 18.6 Å². The first-order valence-corrected chi connectivity index (χ1v) is 10.9. The van der Waals surface area contributed by atoms with Crippen LogP contribution in [0.3, 0.4) is 0 Å². The van der Waals surface area contributed by atoms with Gasteiger partial charge in [-0.3, -0.25) is 0 Å². The zero-order valence-corrected chi connectivity index (χ0v) is 21.6. The van der Waals surface area contributed by atoms with E-state index in [2.05, 4.69) is 49.7 Å². The van der Waals surface area contributed by atoms with Gasteiger partial charge in [0.1, 0.15) is 11.6 Å². The zero-order chi connectivity index (χ0) is 25.7. The van der Waals surface area contributed by atoms with Crippen LogP contribution in [0.5, 0.6) is 0 Å². The Balaban J connectivity index is 0.00000242. The van der Waals surface area contributed by atoms with Crippen molar-refractivity contribution in [2.75, 3.05) is 13.6 Å². The van der Waals surface area contributed by atoms with Crippen LogP contribution in [0.2, 0.25) is 0 Å². The lowest BCUT2D eigenvalue weighted by molar-refractivity contribution is 0.315. The molecule has 0 aromatic rings. The lowest BCUT2D eigenvalue weighted by Crippen LogP contribution is -2.27. The average Bonchev–Trinajstić information content (AvgIpc) is 2.93. The Labute approximate surface area is 201 Å². The van der Waals surface area contributed by atoms with Gasteiger partial charge in [-0.2, -0.15) is 0 Å². The van der Waals surface area contributed by atoms with Crippen LogP contribution >= 0.6 is 0 Å². The van der Waals surface area contributed by atoms with E-state index < -0.39 is 0 Å². The molecule has 4 heteroatoms. The molecule has 0 unspecified atom stereocenters. The molecule has 0 saturated heterocycles. The SMILES string of the molecule is C#C.C=C(C)OC1=C(C)C=C=C(CNC(=C)C2=N/C(=C/C)N(C)C(C(=C)C)=C2)C=C1C.CC. The minimum absolute atomic E-state index is 0.580. The van der Waals surface area contributed by atoms with Crippen molar-refractivity contribution in [1.82, 2.24) is 10.2 Å². The highest BCUT2D eigenvalue weighted by molar-refractivity contribution is 6.09. The van der Waals surface area contributed by atoms with Crippen molar-refractivity contribution in [2.24, 2.45) is 4.99 Å². The number of likely N-dealkylation sites (N-methyl/N-ethyl adjacent to an activating group) is 1. The summed E-state index contributed by atoms with van der Waals surface area (Å²) in [4.78, 5) is 6.73. The lowest BCUT2D eigenvalue weighted by Gasteiger charge is -2.28. The Bertz CT molecular complexity index is 1020. The minimum atomic E-state index is 0.580. The maximum atomic E-state index is 5.78. The Morgan fingerprint density at radius 2 is 1.79 bits per heavy atom. The van der Waals surface area contributed by atoms with Gasteiger partial charge >= 0.3 is 0 Å². The largest absolute Gasteiger partial charge is 0.462 e. The van der Waals surface area contributed by atoms with Crippen LogP contribution in [0.15, 0.2) is 106 Å². The highest BCUT2D eigenvalue weighted by Gasteiger charge is 2.18. The molecule has 0 spiro atoms.